The summed E-state index contributed by atoms with van der Waals surface area (Å²) in [5.41, 5.74) is 4.73. The summed E-state index contributed by atoms with van der Waals surface area (Å²) in [6, 6.07) is 5.76. The van der Waals surface area contributed by atoms with Crippen molar-refractivity contribution in [2.75, 3.05) is 0 Å². The minimum absolute atomic E-state index is 0.0447. The number of nitrogens with one attached hydrogen (secondary N) is 2. The van der Waals surface area contributed by atoms with Gasteiger partial charge in [0.15, 0.2) is 5.69 Å². The van der Waals surface area contributed by atoms with Gasteiger partial charge in [0.2, 0.25) is 5.91 Å². The van der Waals surface area contributed by atoms with Crippen molar-refractivity contribution in [3.8, 4) is 0 Å². The first-order chi connectivity index (χ1) is 9.00. The predicted octanol–water partition coefficient (Wildman–Crippen LogP) is -0.473. The molecule has 1 heterocycles. The summed E-state index contributed by atoms with van der Waals surface area (Å²) in [6.45, 7) is 1.47. The van der Waals surface area contributed by atoms with Crippen molar-refractivity contribution in [2.45, 2.75) is 13.0 Å². The molecule has 2 amide bonds. The Morgan fingerprint density at radius 3 is 2.58 bits per heavy atom. The zero-order chi connectivity index (χ0) is 14.0. The van der Waals surface area contributed by atoms with Crippen LogP contribution < -0.4 is 16.6 Å². The first kappa shape index (κ1) is 12.7. The molecule has 4 N–H and O–H groups in total. The first-order valence-corrected chi connectivity index (χ1v) is 5.58. The highest BCUT2D eigenvalue weighted by atomic mass is 16.2. The molecule has 19 heavy (non-hydrogen) atoms. The number of aromatic amines is 1. The van der Waals surface area contributed by atoms with Gasteiger partial charge in [-0.1, -0.05) is 18.2 Å². The second kappa shape index (κ2) is 4.89. The lowest BCUT2D eigenvalue weighted by Crippen LogP contribution is -2.42. The van der Waals surface area contributed by atoms with Gasteiger partial charge in [0.25, 0.3) is 11.5 Å². The molecule has 2 rings (SSSR count). The average molecular weight is 260 g/mol. The van der Waals surface area contributed by atoms with Gasteiger partial charge in [0, 0.05) is 5.39 Å². The molecular formula is C12H12N4O3. The molecule has 0 saturated heterocycles. The number of primary amides is 1. The van der Waals surface area contributed by atoms with Crippen molar-refractivity contribution in [1.29, 1.82) is 0 Å². The topological polar surface area (TPSA) is 118 Å². The van der Waals surface area contributed by atoms with Crippen molar-refractivity contribution in [2.24, 2.45) is 5.73 Å². The number of nitrogens with zero attached hydrogens (tertiary/aromatic N) is 1. The third-order valence-electron chi connectivity index (χ3n) is 2.69. The van der Waals surface area contributed by atoms with Crippen LogP contribution in [0.25, 0.3) is 10.8 Å². The van der Waals surface area contributed by atoms with Crippen molar-refractivity contribution in [3.63, 3.8) is 0 Å². The fraction of sp³-hybridized carbons (Fsp3) is 0.167. The van der Waals surface area contributed by atoms with E-state index < -0.39 is 17.9 Å². The van der Waals surface area contributed by atoms with E-state index in [1.54, 1.807) is 24.3 Å². The van der Waals surface area contributed by atoms with E-state index in [4.69, 9.17) is 5.73 Å². The Bertz CT molecular complexity index is 707. The van der Waals surface area contributed by atoms with Crippen LogP contribution in [0.3, 0.4) is 0 Å². The summed E-state index contributed by atoms with van der Waals surface area (Å²) in [7, 11) is 0. The van der Waals surface area contributed by atoms with Crippen molar-refractivity contribution in [1.82, 2.24) is 15.5 Å². The standard InChI is InChI=1S/C12H12N4O3/c1-6(10(13)17)14-12(19)9-7-4-2-3-5-8(7)11(18)16-15-9/h2-6H,1H3,(H2,13,17)(H,14,19)(H,16,18). The van der Waals surface area contributed by atoms with Gasteiger partial charge < -0.3 is 11.1 Å². The third-order valence-corrected chi connectivity index (χ3v) is 2.69. The van der Waals surface area contributed by atoms with E-state index in [0.29, 0.717) is 10.8 Å². The zero-order valence-corrected chi connectivity index (χ0v) is 10.1. The Morgan fingerprint density at radius 2 is 1.95 bits per heavy atom. The Labute approximate surface area is 107 Å². The molecule has 0 aliphatic carbocycles. The molecule has 1 aromatic heterocycles. The molecule has 7 heteroatoms. The van der Waals surface area contributed by atoms with Gasteiger partial charge in [-0.3, -0.25) is 14.4 Å². The van der Waals surface area contributed by atoms with Crippen LogP contribution in [0.5, 0.6) is 0 Å². The molecule has 0 saturated carbocycles. The zero-order valence-electron chi connectivity index (χ0n) is 10.1. The van der Waals surface area contributed by atoms with E-state index in [2.05, 4.69) is 15.5 Å². The second-order valence-corrected chi connectivity index (χ2v) is 4.04. The molecule has 0 radical (unpaired) electrons. The smallest absolute Gasteiger partial charge is 0.273 e. The number of hydrogen-bond donors (Lipinski definition) is 3. The largest absolute Gasteiger partial charge is 0.368 e. The number of hydrogen-bond acceptors (Lipinski definition) is 4. The number of amides is 2. The summed E-state index contributed by atoms with van der Waals surface area (Å²) in [4.78, 5) is 34.5. The van der Waals surface area contributed by atoms with E-state index in [1.165, 1.54) is 6.92 Å². The lowest BCUT2D eigenvalue weighted by atomic mass is 10.1. The minimum atomic E-state index is -0.819. The highest BCUT2D eigenvalue weighted by molar-refractivity contribution is 6.05. The number of nitrogens with two attached hydrogens (primary N) is 1. The summed E-state index contributed by atoms with van der Waals surface area (Å²) in [5.74, 6) is -1.22. The SMILES string of the molecule is CC(NC(=O)c1n[nH]c(=O)c2ccccc12)C(N)=O. The van der Waals surface area contributed by atoms with Crippen LogP contribution in [0.1, 0.15) is 17.4 Å². The normalized spacial score (nSPS) is 12.1. The van der Waals surface area contributed by atoms with Gasteiger partial charge >= 0.3 is 0 Å². The third kappa shape index (κ3) is 2.44. The number of benzene rings is 1. The molecule has 0 aliphatic rings. The molecule has 0 spiro atoms. The highest BCUT2D eigenvalue weighted by Crippen LogP contribution is 2.12. The van der Waals surface area contributed by atoms with Crippen LogP contribution in [0, 0.1) is 0 Å². The molecule has 1 atom stereocenters. The van der Waals surface area contributed by atoms with Crippen LogP contribution in [-0.4, -0.2) is 28.1 Å². The molecular weight excluding hydrogens is 248 g/mol. The fourth-order valence-corrected chi connectivity index (χ4v) is 1.62. The quantitative estimate of drug-likeness (QED) is 0.691. The van der Waals surface area contributed by atoms with Gasteiger partial charge in [-0.15, -0.1) is 0 Å². The molecule has 0 aliphatic heterocycles. The van der Waals surface area contributed by atoms with Crippen molar-refractivity contribution >= 4 is 22.6 Å². The van der Waals surface area contributed by atoms with Gasteiger partial charge in [-0.25, -0.2) is 5.10 Å². The van der Waals surface area contributed by atoms with Crippen molar-refractivity contribution < 1.29 is 9.59 Å². The van der Waals surface area contributed by atoms with E-state index in [0.717, 1.165) is 0 Å². The Morgan fingerprint density at radius 1 is 1.32 bits per heavy atom. The molecule has 7 nitrogen and oxygen atoms in total. The molecule has 0 fully saturated rings. The number of rotatable bonds is 3. The van der Waals surface area contributed by atoms with Crippen LogP contribution in [0.4, 0.5) is 0 Å². The van der Waals surface area contributed by atoms with Crippen LogP contribution >= 0.6 is 0 Å². The van der Waals surface area contributed by atoms with Crippen LogP contribution in [0.2, 0.25) is 0 Å². The lowest BCUT2D eigenvalue weighted by molar-refractivity contribution is -0.119. The minimum Gasteiger partial charge on any atom is -0.368 e. The maximum Gasteiger partial charge on any atom is 0.273 e. The van der Waals surface area contributed by atoms with E-state index in [-0.39, 0.29) is 11.3 Å². The second-order valence-electron chi connectivity index (χ2n) is 4.04. The molecule has 0 bridgehead atoms. The van der Waals surface area contributed by atoms with E-state index in [9.17, 15) is 14.4 Å². The monoisotopic (exact) mass is 260 g/mol. The number of aromatic nitrogens is 2. The molecule has 1 unspecified atom stereocenters. The van der Waals surface area contributed by atoms with Gasteiger partial charge in [-0.05, 0) is 13.0 Å². The lowest BCUT2D eigenvalue weighted by Gasteiger charge is -2.10. The summed E-state index contributed by atoms with van der Waals surface area (Å²) >= 11 is 0. The van der Waals surface area contributed by atoms with Crippen molar-refractivity contribution in [3.05, 3.63) is 40.3 Å². The van der Waals surface area contributed by atoms with Gasteiger partial charge in [-0.2, -0.15) is 5.10 Å². The van der Waals surface area contributed by atoms with Gasteiger partial charge in [0.1, 0.15) is 6.04 Å². The van der Waals surface area contributed by atoms with Crippen LogP contribution in [-0.2, 0) is 4.79 Å². The Kier molecular flexibility index (Phi) is 3.28. The number of fused-ring (bicyclic) bond motifs is 1. The molecule has 98 valence electrons. The van der Waals surface area contributed by atoms with Crippen LogP contribution in [0.15, 0.2) is 29.1 Å². The van der Waals surface area contributed by atoms with E-state index >= 15 is 0 Å². The molecule has 2 aromatic rings. The Balaban J connectivity index is 2.46. The predicted molar refractivity (Wildman–Crippen MR) is 68.5 cm³/mol. The van der Waals surface area contributed by atoms with Gasteiger partial charge in [0.05, 0.1) is 5.39 Å². The Hall–Kier alpha value is -2.70. The summed E-state index contributed by atoms with van der Waals surface area (Å²) in [5, 5.41) is 9.14. The number of carbonyl (C=O) groups excluding carboxylic acids is 2. The highest BCUT2D eigenvalue weighted by Gasteiger charge is 2.18. The number of carbonyl (C=O) groups is 2. The maximum atomic E-state index is 12.0. The average Bonchev–Trinajstić information content (AvgIpc) is 2.39. The molecule has 1 aromatic carbocycles. The number of H-pyrrole nitrogens is 1. The summed E-state index contributed by atoms with van der Waals surface area (Å²) in [6.07, 6.45) is 0. The first-order valence-electron chi connectivity index (χ1n) is 5.58. The van der Waals surface area contributed by atoms with E-state index in [1.807, 2.05) is 0 Å². The fourth-order valence-electron chi connectivity index (χ4n) is 1.62. The summed E-state index contributed by atoms with van der Waals surface area (Å²) < 4.78 is 0. The maximum absolute atomic E-state index is 12.0.